The normalized spacial score (nSPS) is 20.4. The predicted molar refractivity (Wildman–Crippen MR) is 45.6 cm³/mol. The molecule has 1 aromatic rings. The highest BCUT2D eigenvalue weighted by Gasteiger charge is 2.40. The van der Waals surface area contributed by atoms with Crippen LogP contribution in [0, 0.1) is 0 Å². The molecule has 1 heterocycles. The first-order valence-corrected chi connectivity index (χ1v) is 4.43. The number of rotatable bonds is 3. The smallest absolute Gasteiger partial charge is 0.137 e. The van der Waals surface area contributed by atoms with Crippen molar-refractivity contribution in [1.29, 1.82) is 0 Å². The van der Waals surface area contributed by atoms with Gasteiger partial charge in [0.2, 0.25) is 0 Å². The van der Waals surface area contributed by atoms with Gasteiger partial charge in [0, 0.05) is 5.41 Å². The highest BCUT2D eigenvalue weighted by molar-refractivity contribution is 5.11. The van der Waals surface area contributed by atoms with Crippen molar-refractivity contribution in [2.75, 3.05) is 6.54 Å². The van der Waals surface area contributed by atoms with Gasteiger partial charge in [-0.2, -0.15) is 5.10 Å². The Hall–Kier alpha value is -0.900. The number of aromatic amines is 1. The maximum atomic E-state index is 5.57. The first-order valence-electron chi connectivity index (χ1n) is 4.43. The molecule has 4 heteroatoms. The van der Waals surface area contributed by atoms with Crippen LogP contribution in [-0.2, 0) is 5.41 Å². The van der Waals surface area contributed by atoms with E-state index in [9.17, 15) is 0 Å². The van der Waals surface area contributed by atoms with Crippen molar-refractivity contribution < 1.29 is 0 Å². The number of aromatic nitrogens is 3. The Bertz CT molecular complexity index is 238. The molecule has 12 heavy (non-hydrogen) atoms. The topological polar surface area (TPSA) is 67.6 Å². The van der Waals surface area contributed by atoms with Gasteiger partial charge in [0.15, 0.2) is 0 Å². The summed E-state index contributed by atoms with van der Waals surface area (Å²) in [4.78, 5) is 4.21. The quantitative estimate of drug-likeness (QED) is 0.690. The fourth-order valence-electron chi connectivity index (χ4n) is 1.95. The molecule has 1 saturated carbocycles. The highest BCUT2D eigenvalue weighted by atomic mass is 15.2. The fourth-order valence-corrected chi connectivity index (χ4v) is 1.95. The average molecular weight is 166 g/mol. The summed E-state index contributed by atoms with van der Waals surface area (Å²) in [5, 5.41) is 6.82. The zero-order chi connectivity index (χ0) is 8.44. The number of hydrogen-bond donors (Lipinski definition) is 2. The largest absolute Gasteiger partial charge is 0.330 e. The lowest BCUT2D eigenvalue weighted by molar-refractivity contribution is 0.216. The Morgan fingerprint density at radius 1 is 1.58 bits per heavy atom. The lowest BCUT2D eigenvalue weighted by Crippen LogP contribution is -2.37. The number of hydrogen-bond acceptors (Lipinski definition) is 3. The molecule has 0 aromatic carbocycles. The summed E-state index contributed by atoms with van der Waals surface area (Å²) in [6.45, 7) is 0.737. The molecule has 0 bridgehead atoms. The van der Waals surface area contributed by atoms with Gasteiger partial charge in [-0.05, 0) is 25.8 Å². The summed E-state index contributed by atoms with van der Waals surface area (Å²) in [6, 6.07) is 0. The van der Waals surface area contributed by atoms with E-state index in [0.29, 0.717) is 0 Å². The lowest BCUT2D eigenvalue weighted by atomic mass is 9.66. The molecule has 0 atom stereocenters. The predicted octanol–water partition coefficient (Wildman–Crippen LogP) is 0.575. The number of nitrogens with one attached hydrogen (secondary N) is 1. The van der Waals surface area contributed by atoms with Gasteiger partial charge in [-0.3, -0.25) is 5.10 Å². The van der Waals surface area contributed by atoms with E-state index in [0.717, 1.165) is 18.8 Å². The molecule has 0 amide bonds. The summed E-state index contributed by atoms with van der Waals surface area (Å²) in [7, 11) is 0. The molecule has 2 rings (SSSR count). The van der Waals surface area contributed by atoms with Crippen LogP contribution in [-0.4, -0.2) is 21.7 Å². The van der Waals surface area contributed by atoms with Crippen molar-refractivity contribution in [3.05, 3.63) is 12.2 Å². The standard InChI is InChI=1S/C8H14N4/c9-5-4-8(2-1-3-8)7-10-6-11-12-7/h6H,1-5,9H2,(H,10,11,12). The van der Waals surface area contributed by atoms with Crippen LogP contribution in [0.2, 0.25) is 0 Å². The molecule has 1 aromatic heterocycles. The molecule has 3 N–H and O–H groups in total. The third kappa shape index (κ3) is 1.03. The van der Waals surface area contributed by atoms with Crippen LogP contribution in [0.25, 0.3) is 0 Å². The summed E-state index contributed by atoms with van der Waals surface area (Å²) in [5.74, 6) is 1.03. The SMILES string of the molecule is NCCC1(c2ncn[nH]2)CCC1. The summed E-state index contributed by atoms with van der Waals surface area (Å²) in [6.07, 6.45) is 6.31. The zero-order valence-electron chi connectivity index (χ0n) is 7.08. The molecule has 4 nitrogen and oxygen atoms in total. The molecule has 66 valence electrons. The Morgan fingerprint density at radius 3 is 2.83 bits per heavy atom. The molecule has 0 saturated heterocycles. The first kappa shape index (κ1) is 7.73. The van der Waals surface area contributed by atoms with Crippen molar-refractivity contribution in [3.63, 3.8) is 0 Å². The van der Waals surface area contributed by atoms with E-state index < -0.39 is 0 Å². The van der Waals surface area contributed by atoms with E-state index in [4.69, 9.17) is 5.73 Å². The molecule has 0 aliphatic heterocycles. The average Bonchev–Trinajstić information content (AvgIpc) is 2.48. The molecule has 0 unspecified atom stereocenters. The minimum absolute atomic E-state index is 0.241. The maximum absolute atomic E-state index is 5.57. The van der Waals surface area contributed by atoms with Crippen LogP contribution < -0.4 is 5.73 Å². The molecule has 1 fully saturated rings. The summed E-state index contributed by atoms with van der Waals surface area (Å²) in [5.41, 5.74) is 5.81. The van der Waals surface area contributed by atoms with Gasteiger partial charge in [-0.15, -0.1) is 0 Å². The third-order valence-corrected chi connectivity index (χ3v) is 2.85. The van der Waals surface area contributed by atoms with E-state index >= 15 is 0 Å². The van der Waals surface area contributed by atoms with E-state index in [1.165, 1.54) is 19.3 Å². The van der Waals surface area contributed by atoms with Crippen molar-refractivity contribution in [2.45, 2.75) is 31.1 Å². The van der Waals surface area contributed by atoms with Crippen LogP contribution in [0.3, 0.4) is 0 Å². The monoisotopic (exact) mass is 166 g/mol. The number of nitrogens with zero attached hydrogens (tertiary/aromatic N) is 2. The maximum Gasteiger partial charge on any atom is 0.137 e. The first-order chi connectivity index (χ1) is 5.87. The van der Waals surface area contributed by atoms with Gasteiger partial charge < -0.3 is 5.73 Å². The van der Waals surface area contributed by atoms with E-state index in [1.54, 1.807) is 6.33 Å². The van der Waals surface area contributed by atoms with Crippen LogP contribution in [0.15, 0.2) is 6.33 Å². The van der Waals surface area contributed by atoms with Gasteiger partial charge in [0.25, 0.3) is 0 Å². The van der Waals surface area contributed by atoms with Crippen molar-refractivity contribution in [3.8, 4) is 0 Å². The fraction of sp³-hybridized carbons (Fsp3) is 0.750. The molecular formula is C8H14N4. The molecular weight excluding hydrogens is 152 g/mol. The molecule has 1 aliphatic rings. The second-order valence-electron chi connectivity index (χ2n) is 3.51. The Balaban J connectivity index is 2.17. The summed E-state index contributed by atoms with van der Waals surface area (Å²) < 4.78 is 0. The van der Waals surface area contributed by atoms with Gasteiger partial charge in [-0.1, -0.05) is 6.42 Å². The van der Waals surface area contributed by atoms with Crippen molar-refractivity contribution in [2.24, 2.45) is 5.73 Å². The van der Waals surface area contributed by atoms with E-state index in [2.05, 4.69) is 15.2 Å². The lowest BCUT2D eigenvalue weighted by Gasteiger charge is -2.39. The Kier molecular flexibility index (Phi) is 1.84. The summed E-state index contributed by atoms with van der Waals surface area (Å²) >= 11 is 0. The highest BCUT2D eigenvalue weighted by Crippen LogP contribution is 2.44. The number of H-pyrrole nitrogens is 1. The third-order valence-electron chi connectivity index (χ3n) is 2.85. The minimum atomic E-state index is 0.241. The van der Waals surface area contributed by atoms with Gasteiger partial charge in [0.05, 0.1) is 0 Å². The van der Waals surface area contributed by atoms with Crippen LogP contribution >= 0.6 is 0 Å². The minimum Gasteiger partial charge on any atom is -0.330 e. The van der Waals surface area contributed by atoms with Gasteiger partial charge in [-0.25, -0.2) is 4.98 Å². The van der Waals surface area contributed by atoms with E-state index in [-0.39, 0.29) is 5.41 Å². The van der Waals surface area contributed by atoms with Crippen molar-refractivity contribution >= 4 is 0 Å². The number of nitrogens with two attached hydrogens (primary N) is 1. The van der Waals surface area contributed by atoms with Gasteiger partial charge >= 0.3 is 0 Å². The van der Waals surface area contributed by atoms with Gasteiger partial charge in [0.1, 0.15) is 12.2 Å². The van der Waals surface area contributed by atoms with Crippen LogP contribution in [0.5, 0.6) is 0 Å². The molecule has 1 aliphatic carbocycles. The zero-order valence-corrected chi connectivity index (χ0v) is 7.08. The van der Waals surface area contributed by atoms with E-state index in [1.807, 2.05) is 0 Å². The second-order valence-corrected chi connectivity index (χ2v) is 3.51. The van der Waals surface area contributed by atoms with Crippen LogP contribution in [0.4, 0.5) is 0 Å². The molecule has 0 radical (unpaired) electrons. The Morgan fingerprint density at radius 2 is 2.42 bits per heavy atom. The molecule has 0 spiro atoms. The second kappa shape index (κ2) is 2.86. The van der Waals surface area contributed by atoms with Crippen LogP contribution in [0.1, 0.15) is 31.5 Å². The Labute approximate surface area is 71.6 Å². The van der Waals surface area contributed by atoms with Crippen molar-refractivity contribution in [1.82, 2.24) is 15.2 Å².